The number of hydrogen-bond acceptors (Lipinski definition) is 4. The van der Waals surface area contributed by atoms with Crippen molar-refractivity contribution in [1.29, 1.82) is 0 Å². The maximum absolute atomic E-state index is 12.3. The highest BCUT2D eigenvalue weighted by atomic mass is 16.5. The van der Waals surface area contributed by atoms with Gasteiger partial charge in [-0.05, 0) is 31.4 Å². The molecule has 2 aliphatic heterocycles. The van der Waals surface area contributed by atoms with Crippen molar-refractivity contribution >= 4 is 17.3 Å². The molecule has 114 valence electrons. The van der Waals surface area contributed by atoms with Gasteiger partial charge in [-0.2, -0.15) is 0 Å². The molecule has 0 saturated carbocycles. The maximum atomic E-state index is 12.3. The Labute approximate surface area is 125 Å². The number of morpholine rings is 1. The van der Waals surface area contributed by atoms with Crippen molar-refractivity contribution in [3.63, 3.8) is 0 Å². The second-order valence-electron chi connectivity index (χ2n) is 5.64. The first-order valence-corrected chi connectivity index (χ1v) is 7.80. The van der Waals surface area contributed by atoms with Crippen molar-refractivity contribution in [2.24, 2.45) is 0 Å². The first-order valence-electron chi connectivity index (χ1n) is 7.80. The number of rotatable bonds is 3. The van der Waals surface area contributed by atoms with Crippen LogP contribution >= 0.6 is 0 Å². The average Bonchev–Trinajstić information content (AvgIpc) is 2.57. The first kappa shape index (κ1) is 14.4. The summed E-state index contributed by atoms with van der Waals surface area (Å²) >= 11 is 0. The summed E-state index contributed by atoms with van der Waals surface area (Å²) < 4.78 is 5.35. The zero-order valence-corrected chi connectivity index (χ0v) is 12.3. The molecule has 2 aliphatic rings. The van der Waals surface area contributed by atoms with Gasteiger partial charge in [0.05, 0.1) is 24.6 Å². The topological polar surface area (TPSA) is 53.6 Å². The van der Waals surface area contributed by atoms with Gasteiger partial charge >= 0.3 is 0 Å². The van der Waals surface area contributed by atoms with E-state index in [9.17, 15) is 4.79 Å². The molecule has 0 spiro atoms. The van der Waals surface area contributed by atoms with Crippen molar-refractivity contribution in [2.75, 3.05) is 43.1 Å². The van der Waals surface area contributed by atoms with Crippen molar-refractivity contribution < 1.29 is 9.53 Å². The predicted molar refractivity (Wildman–Crippen MR) is 83.7 cm³/mol. The Morgan fingerprint density at radius 2 is 2.05 bits per heavy atom. The fraction of sp³-hybridized carbons (Fsp3) is 0.562. The van der Waals surface area contributed by atoms with Gasteiger partial charge in [0.1, 0.15) is 6.04 Å². The minimum atomic E-state index is -0.256. The molecule has 2 heterocycles. The molecule has 1 atom stereocenters. The number of nitrogens with one attached hydrogen (secondary N) is 2. The molecule has 2 fully saturated rings. The Morgan fingerprint density at radius 3 is 2.81 bits per heavy atom. The number of nitrogens with zero attached hydrogens (tertiary/aromatic N) is 1. The molecule has 5 nitrogen and oxygen atoms in total. The predicted octanol–water partition coefficient (Wildman–Crippen LogP) is 1.60. The Hall–Kier alpha value is -1.59. The summed E-state index contributed by atoms with van der Waals surface area (Å²) in [6.07, 6.45) is 3.75. The quantitative estimate of drug-likeness (QED) is 0.887. The van der Waals surface area contributed by atoms with Gasteiger partial charge in [0.2, 0.25) is 5.91 Å². The molecule has 0 aliphatic carbocycles. The van der Waals surface area contributed by atoms with Gasteiger partial charge in [-0.15, -0.1) is 0 Å². The Balaban J connectivity index is 1.70. The highest BCUT2D eigenvalue weighted by Crippen LogP contribution is 2.28. The smallest absolute Gasteiger partial charge is 0.243 e. The molecule has 21 heavy (non-hydrogen) atoms. The Morgan fingerprint density at radius 1 is 1.24 bits per heavy atom. The number of carbonyl (C=O) groups is 1. The van der Waals surface area contributed by atoms with Gasteiger partial charge in [-0.25, -0.2) is 0 Å². The molecule has 0 aromatic heterocycles. The summed E-state index contributed by atoms with van der Waals surface area (Å²) in [5.74, 6) is -0.0147. The van der Waals surface area contributed by atoms with Crippen molar-refractivity contribution in [1.82, 2.24) is 5.32 Å². The number of benzene rings is 1. The second kappa shape index (κ2) is 6.91. The number of hydrogen-bond donors (Lipinski definition) is 2. The maximum Gasteiger partial charge on any atom is 0.243 e. The largest absolute Gasteiger partial charge is 0.378 e. The third kappa shape index (κ3) is 3.54. The molecule has 2 N–H and O–H groups in total. The molecule has 0 radical (unpaired) electrons. The molecule has 1 aromatic carbocycles. The van der Waals surface area contributed by atoms with E-state index in [2.05, 4.69) is 21.6 Å². The van der Waals surface area contributed by atoms with Crippen LogP contribution in [0, 0.1) is 0 Å². The van der Waals surface area contributed by atoms with Gasteiger partial charge in [0.15, 0.2) is 0 Å². The highest BCUT2D eigenvalue weighted by Gasteiger charge is 2.22. The SMILES string of the molecule is O=C(Nc1ccccc1N1CCCCC1)C1COCCN1. The van der Waals surface area contributed by atoms with Crippen LogP contribution in [-0.4, -0.2) is 44.8 Å². The lowest BCUT2D eigenvalue weighted by molar-refractivity contribution is -0.120. The lowest BCUT2D eigenvalue weighted by Crippen LogP contribution is -2.49. The summed E-state index contributed by atoms with van der Waals surface area (Å²) in [7, 11) is 0. The van der Waals surface area contributed by atoms with E-state index >= 15 is 0 Å². The summed E-state index contributed by atoms with van der Waals surface area (Å²) in [5.41, 5.74) is 2.03. The number of carbonyl (C=O) groups excluding carboxylic acids is 1. The summed E-state index contributed by atoms with van der Waals surface area (Å²) in [6, 6.07) is 7.81. The summed E-state index contributed by atoms with van der Waals surface area (Å²) in [4.78, 5) is 14.7. The lowest BCUT2D eigenvalue weighted by atomic mass is 10.1. The zero-order chi connectivity index (χ0) is 14.5. The van der Waals surface area contributed by atoms with Crippen molar-refractivity contribution in [2.45, 2.75) is 25.3 Å². The molecule has 2 saturated heterocycles. The zero-order valence-electron chi connectivity index (χ0n) is 12.3. The van der Waals surface area contributed by atoms with Crippen LogP contribution in [0.15, 0.2) is 24.3 Å². The number of ether oxygens (including phenoxy) is 1. The van der Waals surface area contributed by atoms with Crippen LogP contribution in [0.1, 0.15) is 19.3 Å². The Bertz CT molecular complexity index is 480. The monoisotopic (exact) mass is 289 g/mol. The minimum absolute atomic E-state index is 0.0147. The molecular formula is C16H23N3O2. The van der Waals surface area contributed by atoms with E-state index in [0.29, 0.717) is 13.2 Å². The van der Waals surface area contributed by atoms with Crippen molar-refractivity contribution in [3.05, 3.63) is 24.3 Å². The number of piperidine rings is 1. The molecule has 0 bridgehead atoms. The van der Waals surface area contributed by atoms with E-state index in [1.54, 1.807) is 0 Å². The van der Waals surface area contributed by atoms with Crippen LogP contribution in [0.25, 0.3) is 0 Å². The summed E-state index contributed by atoms with van der Waals surface area (Å²) in [5, 5.41) is 6.24. The van der Waals surface area contributed by atoms with Gasteiger partial charge < -0.3 is 20.3 Å². The van der Waals surface area contributed by atoms with Crippen LogP contribution < -0.4 is 15.5 Å². The van der Waals surface area contributed by atoms with Gasteiger partial charge in [0, 0.05) is 19.6 Å². The summed E-state index contributed by atoms with van der Waals surface area (Å²) in [6.45, 7) is 3.98. The average molecular weight is 289 g/mol. The Kier molecular flexibility index (Phi) is 4.72. The van der Waals surface area contributed by atoms with Crippen molar-refractivity contribution in [3.8, 4) is 0 Å². The van der Waals surface area contributed by atoms with E-state index in [1.165, 1.54) is 19.3 Å². The van der Waals surface area contributed by atoms with E-state index in [0.717, 1.165) is 31.0 Å². The van der Waals surface area contributed by atoms with Gasteiger partial charge in [0.25, 0.3) is 0 Å². The third-order valence-corrected chi connectivity index (χ3v) is 4.10. The minimum Gasteiger partial charge on any atom is -0.378 e. The van der Waals surface area contributed by atoms with Crippen LogP contribution in [-0.2, 0) is 9.53 Å². The lowest BCUT2D eigenvalue weighted by Gasteiger charge is -2.31. The fourth-order valence-electron chi connectivity index (χ4n) is 2.94. The van der Waals surface area contributed by atoms with Crippen LogP contribution in [0.3, 0.4) is 0 Å². The molecular weight excluding hydrogens is 266 g/mol. The normalized spacial score (nSPS) is 22.9. The van der Waals surface area contributed by atoms with Gasteiger partial charge in [-0.1, -0.05) is 12.1 Å². The second-order valence-corrected chi connectivity index (χ2v) is 5.64. The van der Waals surface area contributed by atoms with Crippen LogP contribution in [0.5, 0.6) is 0 Å². The van der Waals surface area contributed by atoms with E-state index in [4.69, 9.17) is 4.74 Å². The third-order valence-electron chi connectivity index (χ3n) is 4.10. The van der Waals surface area contributed by atoms with E-state index < -0.39 is 0 Å². The number of amides is 1. The van der Waals surface area contributed by atoms with E-state index in [-0.39, 0.29) is 11.9 Å². The molecule has 1 amide bonds. The van der Waals surface area contributed by atoms with Crippen LogP contribution in [0.2, 0.25) is 0 Å². The van der Waals surface area contributed by atoms with E-state index in [1.807, 2.05) is 18.2 Å². The molecule has 3 rings (SSSR count). The number of anilines is 2. The molecule has 1 unspecified atom stereocenters. The number of para-hydroxylation sites is 2. The standard InChI is InChI=1S/C16H23N3O2/c20-16(14-12-21-11-8-17-14)18-13-6-2-3-7-15(13)19-9-4-1-5-10-19/h2-3,6-7,14,17H,1,4-5,8-12H2,(H,18,20). The molecule has 1 aromatic rings. The highest BCUT2D eigenvalue weighted by molar-refractivity contribution is 5.97. The molecule has 5 heteroatoms. The van der Waals surface area contributed by atoms with Crippen LogP contribution in [0.4, 0.5) is 11.4 Å². The first-order chi connectivity index (χ1) is 10.3. The fourth-order valence-corrected chi connectivity index (χ4v) is 2.94. The van der Waals surface area contributed by atoms with Gasteiger partial charge in [-0.3, -0.25) is 4.79 Å².